The molecular formula is C18H17FN2O2. The minimum atomic E-state index is -0.241. The highest BCUT2D eigenvalue weighted by Gasteiger charge is 2.10. The highest BCUT2D eigenvalue weighted by Crippen LogP contribution is 2.19. The Balaban J connectivity index is 1.46. The Bertz CT molecular complexity index is 796. The van der Waals surface area contributed by atoms with Crippen LogP contribution in [0, 0.1) is 5.82 Å². The molecule has 1 heterocycles. The molecule has 3 aromatic rings. The van der Waals surface area contributed by atoms with Crippen LogP contribution in [-0.2, 0) is 6.54 Å². The Morgan fingerprint density at radius 1 is 1.04 bits per heavy atom. The summed E-state index contributed by atoms with van der Waals surface area (Å²) in [5.74, 6) is -0.366. The second-order valence-electron chi connectivity index (χ2n) is 5.20. The molecule has 5 heteroatoms. The monoisotopic (exact) mass is 312 g/mol. The summed E-state index contributed by atoms with van der Waals surface area (Å²) in [6, 6.07) is 13.5. The lowest BCUT2D eigenvalue weighted by Gasteiger charge is -2.08. The van der Waals surface area contributed by atoms with Crippen LogP contribution in [0.3, 0.4) is 0 Å². The predicted molar refractivity (Wildman–Crippen MR) is 86.7 cm³/mol. The molecule has 0 aliphatic heterocycles. The second kappa shape index (κ2) is 7.07. The summed E-state index contributed by atoms with van der Waals surface area (Å²) < 4.78 is 18.1. The van der Waals surface area contributed by atoms with E-state index < -0.39 is 0 Å². The van der Waals surface area contributed by atoms with Crippen molar-refractivity contribution in [1.82, 2.24) is 10.6 Å². The molecule has 0 aliphatic carbocycles. The zero-order chi connectivity index (χ0) is 16.1. The van der Waals surface area contributed by atoms with Gasteiger partial charge in [0.1, 0.15) is 11.4 Å². The van der Waals surface area contributed by atoms with Gasteiger partial charge in [0.25, 0.3) is 5.91 Å². The zero-order valence-electron chi connectivity index (χ0n) is 12.5. The van der Waals surface area contributed by atoms with Crippen LogP contribution in [0.15, 0.2) is 59.2 Å². The summed E-state index contributed by atoms with van der Waals surface area (Å²) in [4.78, 5) is 12.2. The second-order valence-corrected chi connectivity index (χ2v) is 5.20. The number of furan rings is 1. The van der Waals surface area contributed by atoms with E-state index in [4.69, 9.17) is 4.42 Å². The first-order valence-corrected chi connectivity index (χ1v) is 7.43. The van der Waals surface area contributed by atoms with E-state index in [0.717, 1.165) is 10.9 Å². The van der Waals surface area contributed by atoms with E-state index in [1.807, 2.05) is 6.07 Å². The van der Waals surface area contributed by atoms with Crippen molar-refractivity contribution in [2.24, 2.45) is 0 Å². The van der Waals surface area contributed by atoms with E-state index in [2.05, 4.69) is 10.6 Å². The lowest BCUT2D eigenvalue weighted by atomic mass is 10.1. The number of rotatable bonds is 6. The van der Waals surface area contributed by atoms with Gasteiger partial charge in [0, 0.05) is 25.0 Å². The number of hydrogen-bond acceptors (Lipinski definition) is 3. The topological polar surface area (TPSA) is 54.3 Å². The summed E-state index contributed by atoms with van der Waals surface area (Å²) in [5, 5.41) is 6.89. The number of amides is 1. The van der Waals surface area contributed by atoms with Crippen LogP contribution in [0.4, 0.5) is 4.39 Å². The molecule has 0 aliphatic rings. The van der Waals surface area contributed by atoms with Gasteiger partial charge in [-0.15, -0.1) is 0 Å². The van der Waals surface area contributed by atoms with Gasteiger partial charge in [0.05, 0.1) is 11.8 Å². The van der Waals surface area contributed by atoms with E-state index in [1.165, 1.54) is 12.1 Å². The summed E-state index contributed by atoms with van der Waals surface area (Å²) >= 11 is 0. The lowest BCUT2D eigenvalue weighted by Crippen LogP contribution is -2.31. The van der Waals surface area contributed by atoms with E-state index >= 15 is 0 Å². The molecule has 0 atom stereocenters. The van der Waals surface area contributed by atoms with Crippen LogP contribution in [0.1, 0.15) is 15.9 Å². The molecule has 2 aromatic carbocycles. The molecule has 1 aromatic heterocycles. The van der Waals surface area contributed by atoms with Crippen molar-refractivity contribution >= 4 is 16.9 Å². The molecule has 23 heavy (non-hydrogen) atoms. The highest BCUT2D eigenvalue weighted by atomic mass is 19.1. The van der Waals surface area contributed by atoms with Gasteiger partial charge in [0.2, 0.25) is 0 Å². The molecule has 118 valence electrons. The summed E-state index contributed by atoms with van der Waals surface area (Å²) in [5.41, 5.74) is 2.31. The van der Waals surface area contributed by atoms with Gasteiger partial charge < -0.3 is 15.1 Å². The maximum Gasteiger partial charge on any atom is 0.252 e. The fourth-order valence-electron chi connectivity index (χ4n) is 2.39. The number of nitrogens with one attached hydrogen (secondary N) is 2. The first-order valence-electron chi connectivity index (χ1n) is 7.43. The van der Waals surface area contributed by atoms with Crippen LogP contribution in [0.25, 0.3) is 11.0 Å². The Morgan fingerprint density at radius 2 is 1.87 bits per heavy atom. The third-order valence-electron chi connectivity index (χ3n) is 3.57. The Labute approximate surface area is 133 Å². The van der Waals surface area contributed by atoms with Crippen LogP contribution in [0.5, 0.6) is 0 Å². The minimum Gasteiger partial charge on any atom is -0.464 e. The number of benzene rings is 2. The van der Waals surface area contributed by atoms with Crippen molar-refractivity contribution in [1.29, 1.82) is 0 Å². The molecule has 1 amide bonds. The Kier molecular flexibility index (Phi) is 4.68. The van der Waals surface area contributed by atoms with Crippen molar-refractivity contribution in [2.75, 3.05) is 13.1 Å². The van der Waals surface area contributed by atoms with Gasteiger partial charge in [0.15, 0.2) is 0 Å². The van der Waals surface area contributed by atoms with E-state index in [1.54, 1.807) is 36.6 Å². The van der Waals surface area contributed by atoms with Crippen LogP contribution in [0.2, 0.25) is 0 Å². The molecule has 2 N–H and O–H groups in total. The van der Waals surface area contributed by atoms with Gasteiger partial charge in [-0.25, -0.2) is 4.39 Å². The van der Waals surface area contributed by atoms with Gasteiger partial charge in [-0.3, -0.25) is 4.79 Å². The summed E-state index contributed by atoms with van der Waals surface area (Å²) in [6.45, 7) is 1.77. The number of carbonyl (C=O) groups excluding carboxylic acids is 1. The van der Waals surface area contributed by atoms with Gasteiger partial charge >= 0.3 is 0 Å². The van der Waals surface area contributed by atoms with Crippen LogP contribution < -0.4 is 10.6 Å². The molecule has 4 nitrogen and oxygen atoms in total. The van der Waals surface area contributed by atoms with Gasteiger partial charge in [-0.2, -0.15) is 0 Å². The minimum absolute atomic E-state index is 0.124. The van der Waals surface area contributed by atoms with Crippen LogP contribution in [-0.4, -0.2) is 19.0 Å². The third-order valence-corrected chi connectivity index (χ3v) is 3.57. The standard InChI is InChI=1S/C18H17FN2O2/c19-14-6-4-13(5-7-14)12-20-9-10-21-18(22)16-2-1-3-17-15(16)8-11-23-17/h1-8,11,20H,9-10,12H2,(H,21,22). The number of halogens is 1. The third kappa shape index (κ3) is 3.76. The molecule has 0 spiro atoms. The summed E-state index contributed by atoms with van der Waals surface area (Å²) in [7, 11) is 0. The average Bonchev–Trinajstić information content (AvgIpc) is 3.04. The smallest absolute Gasteiger partial charge is 0.252 e. The van der Waals surface area contributed by atoms with E-state index in [9.17, 15) is 9.18 Å². The van der Waals surface area contributed by atoms with E-state index in [-0.39, 0.29) is 11.7 Å². The quantitative estimate of drug-likeness (QED) is 0.688. The van der Waals surface area contributed by atoms with Crippen molar-refractivity contribution in [3.05, 3.63) is 71.7 Å². The SMILES string of the molecule is O=C(NCCNCc1ccc(F)cc1)c1cccc2occc12. The molecule has 0 unspecified atom stereocenters. The summed E-state index contributed by atoms with van der Waals surface area (Å²) in [6.07, 6.45) is 1.58. The maximum absolute atomic E-state index is 12.8. The molecule has 0 saturated heterocycles. The molecular weight excluding hydrogens is 295 g/mol. The lowest BCUT2D eigenvalue weighted by molar-refractivity contribution is 0.0955. The fraction of sp³-hybridized carbons (Fsp3) is 0.167. The Morgan fingerprint density at radius 3 is 2.70 bits per heavy atom. The Hall–Kier alpha value is -2.66. The average molecular weight is 312 g/mol. The van der Waals surface area contributed by atoms with Crippen molar-refractivity contribution in [3.8, 4) is 0 Å². The van der Waals surface area contributed by atoms with Crippen LogP contribution >= 0.6 is 0 Å². The predicted octanol–water partition coefficient (Wildman–Crippen LogP) is 3.09. The first-order chi connectivity index (χ1) is 11.2. The zero-order valence-corrected chi connectivity index (χ0v) is 12.5. The van der Waals surface area contributed by atoms with Gasteiger partial charge in [-0.05, 0) is 35.9 Å². The molecule has 0 fully saturated rings. The number of carbonyl (C=O) groups is 1. The fourth-order valence-corrected chi connectivity index (χ4v) is 2.39. The van der Waals surface area contributed by atoms with Gasteiger partial charge in [-0.1, -0.05) is 18.2 Å². The highest BCUT2D eigenvalue weighted by molar-refractivity contribution is 6.05. The first kappa shape index (κ1) is 15.2. The van der Waals surface area contributed by atoms with Crippen molar-refractivity contribution < 1.29 is 13.6 Å². The number of fused-ring (bicyclic) bond motifs is 1. The molecule has 0 bridgehead atoms. The van der Waals surface area contributed by atoms with E-state index in [0.29, 0.717) is 30.8 Å². The molecule has 3 rings (SSSR count). The normalized spacial score (nSPS) is 10.8. The number of hydrogen-bond donors (Lipinski definition) is 2. The molecule has 0 saturated carbocycles. The largest absolute Gasteiger partial charge is 0.464 e. The molecule has 0 radical (unpaired) electrons. The maximum atomic E-state index is 12.8. The van der Waals surface area contributed by atoms with Crippen molar-refractivity contribution in [3.63, 3.8) is 0 Å². The van der Waals surface area contributed by atoms with Crippen molar-refractivity contribution in [2.45, 2.75) is 6.54 Å².